The van der Waals surface area contributed by atoms with E-state index in [-0.39, 0.29) is 5.91 Å². The lowest BCUT2D eigenvalue weighted by Crippen LogP contribution is -2.12. The Labute approximate surface area is 91.5 Å². The van der Waals surface area contributed by atoms with Gasteiger partial charge in [0.05, 0.1) is 10.6 Å². The third-order valence-electron chi connectivity index (χ3n) is 1.97. The Bertz CT molecular complexity index is 464. The van der Waals surface area contributed by atoms with E-state index < -0.39 is 0 Å². The Kier molecular flexibility index (Phi) is 2.69. The Morgan fingerprint density at radius 2 is 1.93 bits per heavy atom. The summed E-state index contributed by atoms with van der Waals surface area (Å²) in [7, 11) is 0. The van der Waals surface area contributed by atoms with Gasteiger partial charge in [-0.05, 0) is 23.6 Å². The van der Waals surface area contributed by atoms with E-state index in [9.17, 15) is 4.79 Å². The molecule has 2 rings (SSSR count). The van der Waals surface area contributed by atoms with Crippen molar-refractivity contribution in [1.29, 1.82) is 0 Å². The minimum Gasteiger partial charge on any atom is -0.390 e. The highest BCUT2D eigenvalue weighted by atomic mass is 32.1. The van der Waals surface area contributed by atoms with Crippen LogP contribution in [0.15, 0.2) is 41.8 Å². The molecule has 0 spiro atoms. The van der Waals surface area contributed by atoms with Gasteiger partial charge in [-0.2, -0.15) is 0 Å². The molecule has 15 heavy (non-hydrogen) atoms. The molecule has 0 saturated carbocycles. The zero-order chi connectivity index (χ0) is 10.7. The second-order valence-electron chi connectivity index (χ2n) is 3.02. The third kappa shape index (κ3) is 2.16. The van der Waals surface area contributed by atoms with Gasteiger partial charge in [-0.15, -0.1) is 11.3 Å². The second kappa shape index (κ2) is 4.14. The van der Waals surface area contributed by atoms with Gasteiger partial charge in [-0.1, -0.05) is 18.2 Å². The summed E-state index contributed by atoms with van der Waals surface area (Å²) in [6.45, 7) is 0. The fraction of sp³-hybridized carbons (Fsp3) is 0. The largest absolute Gasteiger partial charge is 0.390 e. The van der Waals surface area contributed by atoms with Crippen molar-refractivity contribution in [2.75, 3.05) is 11.1 Å². The van der Waals surface area contributed by atoms with Crippen LogP contribution in [0.1, 0.15) is 10.4 Å². The molecule has 3 nitrogen and oxygen atoms in total. The molecule has 1 aromatic carbocycles. The molecule has 0 radical (unpaired) electrons. The van der Waals surface area contributed by atoms with Crippen molar-refractivity contribution in [3.63, 3.8) is 0 Å². The summed E-state index contributed by atoms with van der Waals surface area (Å²) in [6, 6.07) is 11.0. The van der Waals surface area contributed by atoms with Crippen LogP contribution in [0.3, 0.4) is 0 Å². The number of nitrogens with one attached hydrogen (secondary N) is 1. The zero-order valence-electron chi connectivity index (χ0n) is 7.94. The van der Waals surface area contributed by atoms with E-state index in [0.717, 1.165) is 5.69 Å². The first-order chi connectivity index (χ1) is 7.27. The Morgan fingerprint density at radius 1 is 1.20 bits per heavy atom. The molecule has 0 atom stereocenters. The fourth-order valence-corrected chi connectivity index (χ4v) is 1.87. The van der Waals surface area contributed by atoms with Crippen molar-refractivity contribution in [3.8, 4) is 0 Å². The number of rotatable bonds is 2. The first-order valence-electron chi connectivity index (χ1n) is 4.47. The maximum absolute atomic E-state index is 11.7. The monoisotopic (exact) mass is 218 g/mol. The quantitative estimate of drug-likeness (QED) is 0.814. The second-order valence-corrected chi connectivity index (χ2v) is 3.97. The third-order valence-corrected chi connectivity index (χ3v) is 2.72. The highest BCUT2D eigenvalue weighted by Crippen LogP contribution is 2.20. The standard InChI is InChI=1S/C11H10N2OS/c12-10-9(6-7-15-10)11(14)13-8-4-2-1-3-5-8/h1-7H,12H2,(H,13,14). The van der Waals surface area contributed by atoms with Crippen LogP contribution < -0.4 is 11.1 Å². The minimum atomic E-state index is -0.167. The number of nitrogens with two attached hydrogens (primary N) is 1. The number of thiophene rings is 1. The van der Waals surface area contributed by atoms with Crippen LogP contribution in [0.25, 0.3) is 0 Å². The van der Waals surface area contributed by atoms with Crippen molar-refractivity contribution in [3.05, 3.63) is 47.3 Å². The van der Waals surface area contributed by atoms with Crippen molar-refractivity contribution >= 4 is 27.9 Å². The van der Waals surface area contributed by atoms with E-state index in [1.165, 1.54) is 11.3 Å². The van der Waals surface area contributed by atoms with Gasteiger partial charge in [0.15, 0.2) is 0 Å². The summed E-state index contributed by atoms with van der Waals surface area (Å²) in [5.41, 5.74) is 6.96. The van der Waals surface area contributed by atoms with Gasteiger partial charge in [0, 0.05) is 5.69 Å². The van der Waals surface area contributed by atoms with E-state index in [1.54, 1.807) is 11.4 Å². The minimum absolute atomic E-state index is 0.167. The molecule has 1 heterocycles. The first kappa shape index (κ1) is 9.73. The highest BCUT2D eigenvalue weighted by Gasteiger charge is 2.10. The fourth-order valence-electron chi connectivity index (χ4n) is 1.23. The predicted octanol–water partition coefficient (Wildman–Crippen LogP) is 2.58. The van der Waals surface area contributed by atoms with Gasteiger partial charge in [0.1, 0.15) is 0 Å². The van der Waals surface area contributed by atoms with Gasteiger partial charge in [0.2, 0.25) is 0 Å². The maximum atomic E-state index is 11.7. The smallest absolute Gasteiger partial charge is 0.258 e. The summed E-state index contributed by atoms with van der Waals surface area (Å²) in [6.07, 6.45) is 0. The number of benzene rings is 1. The van der Waals surface area contributed by atoms with Crippen LogP contribution in [0, 0.1) is 0 Å². The molecule has 0 fully saturated rings. The van der Waals surface area contributed by atoms with E-state index in [1.807, 2.05) is 30.3 Å². The zero-order valence-corrected chi connectivity index (χ0v) is 8.75. The molecule has 0 aliphatic heterocycles. The molecule has 1 aromatic heterocycles. The van der Waals surface area contributed by atoms with Gasteiger partial charge < -0.3 is 11.1 Å². The van der Waals surface area contributed by atoms with Crippen LogP contribution in [0.4, 0.5) is 10.7 Å². The molecule has 2 aromatic rings. The van der Waals surface area contributed by atoms with Crippen LogP contribution in [0.2, 0.25) is 0 Å². The molecule has 0 bridgehead atoms. The van der Waals surface area contributed by atoms with Crippen molar-refractivity contribution in [2.24, 2.45) is 0 Å². The number of nitrogen functional groups attached to an aromatic ring is 1. The number of para-hydroxylation sites is 1. The molecule has 1 amide bonds. The molecule has 3 N–H and O–H groups in total. The van der Waals surface area contributed by atoms with Gasteiger partial charge in [-0.3, -0.25) is 4.79 Å². The molecular formula is C11H10N2OS. The number of hydrogen-bond donors (Lipinski definition) is 2. The van der Waals surface area contributed by atoms with E-state index >= 15 is 0 Å². The van der Waals surface area contributed by atoms with Crippen LogP contribution in [-0.4, -0.2) is 5.91 Å². The summed E-state index contributed by atoms with van der Waals surface area (Å²) < 4.78 is 0. The molecule has 4 heteroatoms. The number of carbonyl (C=O) groups excluding carboxylic acids is 1. The summed E-state index contributed by atoms with van der Waals surface area (Å²) in [5, 5.41) is 5.12. The van der Waals surface area contributed by atoms with Crippen molar-refractivity contribution in [2.45, 2.75) is 0 Å². The van der Waals surface area contributed by atoms with Crippen molar-refractivity contribution < 1.29 is 4.79 Å². The van der Waals surface area contributed by atoms with E-state index in [2.05, 4.69) is 5.32 Å². The van der Waals surface area contributed by atoms with Crippen LogP contribution in [0.5, 0.6) is 0 Å². The van der Waals surface area contributed by atoms with Crippen LogP contribution in [-0.2, 0) is 0 Å². The lowest BCUT2D eigenvalue weighted by molar-refractivity contribution is 0.102. The predicted molar refractivity (Wildman–Crippen MR) is 63.1 cm³/mol. The molecule has 0 unspecified atom stereocenters. The molecule has 76 valence electrons. The molecule has 0 aliphatic rings. The summed E-state index contributed by atoms with van der Waals surface area (Å²) in [4.78, 5) is 11.7. The normalized spacial score (nSPS) is 9.87. The Balaban J connectivity index is 2.15. The number of hydrogen-bond acceptors (Lipinski definition) is 3. The maximum Gasteiger partial charge on any atom is 0.258 e. The van der Waals surface area contributed by atoms with E-state index in [4.69, 9.17) is 5.73 Å². The number of carbonyl (C=O) groups is 1. The molecule has 0 saturated heterocycles. The van der Waals surface area contributed by atoms with E-state index in [0.29, 0.717) is 10.6 Å². The van der Waals surface area contributed by atoms with Gasteiger partial charge >= 0.3 is 0 Å². The topological polar surface area (TPSA) is 55.1 Å². The SMILES string of the molecule is Nc1sccc1C(=O)Nc1ccccc1. The van der Waals surface area contributed by atoms with Gasteiger partial charge in [0.25, 0.3) is 5.91 Å². The summed E-state index contributed by atoms with van der Waals surface area (Å²) >= 11 is 1.36. The van der Waals surface area contributed by atoms with Crippen molar-refractivity contribution in [1.82, 2.24) is 0 Å². The van der Waals surface area contributed by atoms with Gasteiger partial charge in [-0.25, -0.2) is 0 Å². The first-order valence-corrected chi connectivity index (χ1v) is 5.34. The van der Waals surface area contributed by atoms with Crippen LogP contribution >= 0.6 is 11.3 Å². The number of anilines is 2. The number of amides is 1. The molecule has 0 aliphatic carbocycles. The average Bonchev–Trinajstić information content (AvgIpc) is 2.66. The molecular weight excluding hydrogens is 208 g/mol. The average molecular weight is 218 g/mol. The highest BCUT2D eigenvalue weighted by molar-refractivity contribution is 7.14. The Hall–Kier alpha value is -1.81. The Morgan fingerprint density at radius 3 is 2.53 bits per heavy atom. The lowest BCUT2D eigenvalue weighted by Gasteiger charge is -2.03. The summed E-state index contributed by atoms with van der Waals surface area (Å²) in [5.74, 6) is -0.167. The lowest BCUT2D eigenvalue weighted by atomic mass is 10.2.